The maximum atomic E-state index is 12.0. The first-order chi connectivity index (χ1) is 12.4. The Bertz CT molecular complexity index is 375. The summed E-state index contributed by atoms with van der Waals surface area (Å²) in [6.45, 7) is 10.2. The highest BCUT2D eigenvalue weighted by atomic mass is 16.6. The van der Waals surface area contributed by atoms with Gasteiger partial charge in [0.1, 0.15) is 6.10 Å². The van der Waals surface area contributed by atoms with Gasteiger partial charge in [0.05, 0.1) is 6.10 Å². The van der Waals surface area contributed by atoms with Crippen LogP contribution in [0.4, 0.5) is 4.79 Å². The number of unbranched alkanes of at least 4 members (excludes halogenated alkanes) is 4. The number of rotatable bonds is 15. The van der Waals surface area contributed by atoms with Gasteiger partial charge in [-0.05, 0) is 46.7 Å². The number of esters is 1. The lowest BCUT2D eigenvalue weighted by Gasteiger charge is -2.19. The second-order valence-corrected chi connectivity index (χ2v) is 7.13. The molecule has 0 spiro atoms. The Balaban J connectivity index is 4.27. The molecule has 0 aliphatic heterocycles. The molecule has 0 heterocycles. The van der Waals surface area contributed by atoms with Gasteiger partial charge in [-0.3, -0.25) is 4.79 Å². The summed E-state index contributed by atoms with van der Waals surface area (Å²) in [6.07, 6.45) is 6.62. The van der Waals surface area contributed by atoms with Crippen LogP contribution in [0.3, 0.4) is 0 Å². The maximum absolute atomic E-state index is 12.0. The molecule has 1 N–H and O–H groups in total. The minimum Gasteiger partial charge on any atom is -0.463 e. The summed E-state index contributed by atoms with van der Waals surface area (Å²) in [4.78, 5) is 25.9. The Morgan fingerprint density at radius 1 is 1.00 bits per heavy atom. The lowest BCUT2D eigenvalue weighted by Crippen LogP contribution is -2.35. The summed E-state index contributed by atoms with van der Waals surface area (Å²) in [5, 5.41) is 2.79. The second-order valence-electron chi connectivity index (χ2n) is 7.13. The lowest BCUT2D eigenvalue weighted by molar-refractivity contribution is -0.148. The fourth-order valence-electron chi connectivity index (χ4n) is 2.54. The van der Waals surface area contributed by atoms with Gasteiger partial charge in [0.15, 0.2) is 0 Å². The topological polar surface area (TPSA) is 67.9 Å². The predicted octanol–water partition coefficient (Wildman–Crippen LogP) is 4.13. The Kier molecular flexibility index (Phi) is 15.1. The van der Waals surface area contributed by atoms with E-state index in [0.717, 1.165) is 32.4 Å². The average Bonchev–Trinajstić information content (AvgIpc) is 2.58. The first-order valence-corrected chi connectivity index (χ1v) is 10.2. The van der Waals surface area contributed by atoms with Gasteiger partial charge in [-0.1, -0.05) is 39.5 Å². The van der Waals surface area contributed by atoms with E-state index in [0.29, 0.717) is 13.0 Å². The van der Waals surface area contributed by atoms with Crippen molar-refractivity contribution >= 4 is 12.1 Å². The van der Waals surface area contributed by atoms with Crippen molar-refractivity contribution in [3.8, 4) is 0 Å². The molecular formula is C20H40N2O4. The zero-order chi connectivity index (χ0) is 19.8. The number of likely N-dealkylation sites (N-methyl/N-ethyl adjacent to an activating group) is 1. The smallest absolute Gasteiger partial charge is 0.407 e. The van der Waals surface area contributed by atoms with E-state index in [2.05, 4.69) is 24.1 Å². The minimum absolute atomic E-state index is 0.116. The predicted molar refractivity (Wildman–Crippen MR) is 105 cm³/mol. The molecule has 0 aromatic carbocycles. The molecule has 0 saturated heterocycles. The molecule has 0 radical (unpaired) electrons. The van der Waals surface area contributed by atoms with E-state index in [1.54, 1.807) is 0 Å². The third-order valence-electron chi connectivity index (χ3n) is 4.24. The van der Waals surface area contributed by atoms with Gasteiger partial charge < -0.3 is 19.7 Å². The number of hydrogen-bond acceptors (Lipinski definition) is 5. The number of nitrogens with zero attached hydrogens (tertiary/aromatic N) is 1. The quantitative estimate of drug-likeness (QED) is 0.346. The molecule has 1 unspecified atom stereocenters. The molecule has 0 rings (SSSR count). The maximum Gasteiger partial charge on any atom is 0.407 e. The molecule has 0 aromatic rings. The normalized spacial score (nSPS) is 12.3. The third-order valence-corrected chi connectivity index (χ3v) is 4.24. The zero-order valence-corrected chi connectivity index (χ0v) is 17.5. The van der Waals surface area contributed by atoms with Crippen LogP contribution in [0.25, 0.3) is 0 Å². The van der Waals surface area contributed by atoms with Crippen LogP contribution in [0.5, 0.6) is 0 Å². The lowest BCUT2D eigenvalue weighted by atomic mass is 10.0. The van der Waals surface area contributed by atoms with Crippen LogP contribution in [0.15, 0.2) is 0 Å². The molecule has 6 heteroatoms. The average molecular weight is 373 g/mol. The molecule has 0 aliphatic carbocycles. The van der Waals surface area contributed by atoms with Crippen molar-refractivity contribution in [3.63, 3.8) is 0 Å². The highest BCUT2D eigenvalue weighted by molar-refractivity contribution is 5.70. The number of carbonyl (C=O) groups is 2. The fourth-order valence-corrected chi connectivity index (χ4v) is 2.54. The van der Waals surface area contributed by atoms with Crippen LogP contribution < -0.4 is 5.32 Å². The van der Waals surface area contributed by atoms with Crippen molar-refractivity contribution in [2.45, 2.75) is 91.3 Å². The highest BCUT2D eigenvalue weighted by Gasteiger charge is 2.17. The molecule has 6 nitrogen and oxygen atoms in total. The number of amides is 1. The van der Waals surface area contributed by atoms with Gasteiger partial charge in [-0.2, -0.15) is 0 Å². The van der Waals surface area contributed by atoms with Crippen LogP contribution in [-0.2, 0) is 14.3 Å². The van der Waals surface area contributed by atoms with Gasteiger partial charge in [-0.25, -0.2) is 4.79 Å². The standard InChI is InChI=1S/C20H40N2O4/c1-6-8-9-10-11-12-18(13-14-19(23)25-17(3)4)26-20(24)21-15-16-22(5)7-2/h17-18H,6-16H2,1-5H3,(H,21,24). The third kappa shape index (κ3) is 15.0. The number of hydrogen-bond donors (Lipinski definition) is 1. The van der Waals surface area contributed by atoms with Crippen LogP contribution in [-0.4, -0.2) is 55.9 Å². The number of alkyl carbamates (subject to hydrolysis) is 1. The number of ether oxygens (including phenoxy) is 2. The molecule has 1 amide bonds. The van der Waals surface area contributed by atoms with Crippen LogP contribution in [0.2, 0.25) is 0 Å². The van der Waals surface area contributed by atoms with E-state index in [-0.39, 0.29) is 24.6 Å². The molecule has 0 aromatic heterocycles. The summed E-state index contributed by atoms with van der Waals surface area (Å²) in [7, 11) is 2.01. The molecular weight excluding hydrogens is 332 g/mol. The Labute approximate surface area is 160 Å². The first-order valence-electron chi connectivity index (χ1n) is 10.2. The van der Waals surface area contributed by atoms with E-state index >= 15 is 0 Å². The first kappa shape index (κ1) is 24.7. The number of nitrogens with one attached hydrogen (secondary N) is 1. The van der Waals surface area contributed by atoms with Crippen LogP contribution in [0.1, 0.15) is 79.1 Å². The summed E-state index contributed by atoms with van der Waals surface area (Å²) >= 11 is 0. The van der Waals surface area contributed by atoms with Crippen LogP contribution >= 0.6 is 0 Å². The highest BCUT2D eigenvalue weighted by Crippen LogP contribution is 2.14. The van der Waals surface area contributed by atoms with Crippen molar-refractivity contribution in [2.75, 3.05) is 26.7 Å². The molecule has 26 heavy (non-hydrogen) atoms. The van der Waals surface area contributed by atoms with E-state index < -0.39 is 6.09 Å². The van der Waals surface area contributed by atoms with Crippen LogP contribution in [0, 0.1) is 0 Å². The molecule has 154 valence electrons. The monoisotopic (exact) mass is 372 g/mol. The van der Waals surface area contributed by atoms with Gasteiger partial charge in [0, 0.05) is 19.5 Å². The van der Waals surface area contributed by atoms with Crippen molar-refractivity contribution in [1.29, 1.82) is 0 Å². The largest absolute Gasteiger partial charge is 0.463 e. The molecule has 1 atom stereocenters. The van der Waals surface area contributed by atoms with E-state index in [1.165, 1.54) is 19.3 Å². The van der Waals surface area contributed by atoms with Crippen molar-refractivity contribution < 1.29 is 19.1 Å². The summed E-state index contributed by atoms with van der Waals surface area (Å²) < 4.78 is 10.7. The second kappa shape index (κ2) is 15.9. The summed E-state index contributed by atoms with van der Waals surface area (Å²) in [5.74, 6) is -0.232. The van der Waals surface area contributed by atoms with E-state index in [9.17, 15) is 9.59 Å². The Hall–Kier alpha value is -1.30. The molecule has 0 aliphatic rings. The van der Waals surface area contributed by atoms with Gasteiger partial charge in [-0.15, -0.1) is 0 Å². The Morgan fingerprint density at radius 2 is 1.69 bits per heavy atom. The Morgan fingerprint density at radius 3 is 2.31 bits per heavy atom. The van der Waals surface area contributed by atoms with Gasteiger partial charge >= 0.3 is 12.1 Å². The zero-order valence-electron chi connectivity index (χ0n) is 17.5. The van der Waals surface area contributed by atoms with Gasteiger partial charge in [0.25, 0.3) is 0 Å². The minimum atomic E-state index is -0.398. The summed E-state index contributed by atoms with van der Waals surface area (Å²) in [5.41, 5.74) is 0. The summed E-state index contributed by atoms with van der Waals surface area (Å²) in [6, 6.07) is 0. The molecule has 0 bridgehead atoms. The SMILES string of the molecule is CCCCCCCC(CCC(=O)OC(C)C)OC(=O)NCCN(C)CC. The van der Waals surface area contributed by atoms with E-state index in [4.69, 9.17) is 9.47 Å². The van der Waals surface area contributed by atoms with Gasteiger partial charge in [0.2, 0.25) is 0 Å². The van der Waals surface area contributed by atoms with Crippen molar-refractivity contribution in [2.24, 2.45) is 0 Å². The number of carbonyl (C=O) groups excluding carboxylic acids is 2. The molecule has 0 saturated carbocycles. The molecule has 0 fully saturated rings. The van der Waals surface area contributed by atoms with E-state index in [1.807, 2.05) is 20.9 Å². The van der Waals surface area contributed by atoms with Crippen molar-refractivity contribution in [1.82, 2.24) is 10.2 Å². The fraction of sp³-hybridized carbons (Fsp3) is 0.900. The van der Waals surface area contributed by atoms with Crippen molar-refractivity contribution in [3.05, 3.63) is 0 Å².